The van der Waals surface area contributed by atoms with E-state index in [1.807, 2.05) is 23.1 Å². The Hall–Kier alpha value is -2.99. The van der Waals surface area contributed by atoms with Crippen LogP contribution in [0.2, 0.25) is 0 Å². The number of ketones is 1. The second-order valence-electron chi connectivity index (χ2n) is 7.15. The fourth-order valence-corrected chi connectivity index (χ4v) is 3.50. The number of para-hydroxylation sites is 1. The molecule has 6 nitrogen and oxygen atoms in total. The van der Waals surface area contributed by atoms with Crippen LogP contribution < -0.4 is 5.32 Å². The van der Waals surface area contributed by atoms with Crippen LogP contribution in [0.15, 0.2) is 54.6 Å². The summed E-state index contributed by atoms with van der Waals surface area (Å²) in [5.41, 5.74) is 1.50. The topological polar surface area (TPSA) is 69.7 Å². The van der Waals surface area contributed by atoms with Gasteiger partial charge in [-0.1, -0.05) is 42.5 Å². The Kier molecular flexibility index (Phi) is 6.21. The molecule has 0 aliphatic carbocycles. The summed E-state index contributed by atoms with van der Waals surface area (Å²) in [6.45, 7) is 0.834. The fourth-order valence-electron chi connectivity index (χ4n) is 3.50. The number of likely N-dealkylation sites (tertiary alicyclic amines) is 1. The highest BCUT2D eigenvalue weighted by Gasteiger charge is 2.32. The van der Waals surface area contributed by atoms with Crippen LogP contribution in [0.4, 0.5) is 5.69 Å². The largest absolute Gasteiger partial charge is 0.347 e. The first-order valence-electron chi connectivity index (χ1n) is 9.41. The monoisotopic (exact) mass is 379 g/mol. The Morgan fingerprint density at radius 1 is 1.04 bits per heavy atom. The van der Waals surface area contributed by atoms with E-state index in [2.05, 4.69) is 5.32 Å². The molecule has 1 N–H and O–H groups in total. The number of carbonyl (C=O) groups is 3. The number of anilines is 1. The van der Waals surface area contributed by atoms with E-state index in [0.29, 0.717) is 23.4 Å². The van der Waals surface area contributed by atoms with E-state index in [4.69, 9.17) is 0 Å². The molecule has 1 fully saturated rings. The molecule has 2 amide bonds. The van der Waals surface area contributed by atoms with Crippen LogP contribution in [0.25, 0.3) is 0 Å². The summed E-state index contributed by atoms with van der Waals surface area (Å²) in [4.78, 5) is 41.2. The molecular weight excluding hydrogens is 354 g/mol. The second-order valence-corrected chi connectivity index (χ2v) is 7.15. The summed E-state index contributed by atoms with van der Waals surface area (Å²) in [6.07, 6.45) is 1.65. The summed E-state index contributed by atoms with van der Waals surface area (Å²) in [6, 6.07) is 15.7. The summed E-state index contributed by atoms with van der Waals surface area (Å²) in [7, 11) is 3.45. The van der Waals surface area contributed by atoms with Gasteiger partial charge in [-0.3, -0.25) is 19.3 Å². The molecule has 0 radical (unpaired) electrons. The maximum Gasteiger partial charge on any atom is 0.239 e. The lowest BCUT2D eigenvalue weighted by molar-refractivity contribution is -0.133. The van der Waals surface area contributed by atoms with Crippen molar-refractivity contribution in [3.05, 3.63) is 65.7 Å². The number of benzene rings is 2. The predicted molar refractivity (Wildman–Crippen MR) is 108 cm³/mol. The molecule has 1 saturated heterocycles. The Morgan fingerprint density at radius 2 is 1.71 bits per heavy atom. The minimum absolute atomic E-state index is 0.0185. The van der Waals surface area contributed by atoms with E-state index in [-0.39, 0.29) is 30.2 Å². The molecule has 0 bridgehead atoms. The van der Waals surface area contributed by atoms with Crippen LogP contribution >= 0.6 is 0 Å². The van der Waals surface area contributed by atoms with Gasteiger partial charge in [-0.15, -0.1) is 0 Å². The number of nitrogens with one attached hydrogen (secondary N) is 1. The number of nitrogens with zero attached hydrogens (tertiary/aromatic N) is 2. The molecule has 3 rings (SSSR count). The Balaban J connectivity index is 1.71. The van der Waals surface area contributed by atoms with Gasteiger partial charge in [-0.2, -0.15) is 0 Å². The van der Waals surface area contributed by atoms with Crippen LogP contribution in [0.5, 0.6) is 0 Å². The first-order chi connectivity index (χ1) is 13.5. The lowest BCUT2D eigenvalue weighted by atomic mass is 10.0. The summed E-state index contributed by atoms with van der Waals surface area (Å²) in [5, 5.41) is 2.85. The molecule has 1 aliphatic heterocycles. The van der Waals surface area contributed by atoms with Crippen LogP contribution in [0.3, 0.4) is 0 Å². The molecule has 2 aromatic rings. The molecule has 1 unspecified atom stereocenters. The molecule has 146 valence electrons. The average molecular weight is 379 g/mol. The minimum Gasteiger partial charge on any atom is -0.347 e. The van der Waals surface area contributed by atoms with E-state index in [0.717, 1.165) is 12.8 Å². The second kappa shape index (κ2) is 8.80. The highest BCUT2D eigenvalue weighted by Crippen LogP contribution is 2.21. The van der Waals surface area contributed by atoms with Gasteiger partial charge in [0, 0.05) is 25.2 Å². The van der Waals surface area contributed by atoms with Gasteiger partial charge in [-0.25, -0.2) is 0 Å². The first-order valence-corrected chi connectivity index (χ1v) is 9.41. The Morgan fingerprint density at radius 3 is 2.43 bits per heavy atom. The molecule has 28 heavy (non-hydrogen) atoms. The molecule has 1 heterocycles. The molecule has 0 saturated carbocycles. The fraction of sp³-hybridized carbons (Fsp3) is 0.318. The van der Waals surface area contributed by atoms with E-state index >= 15 is 0 Å². The van der Waals surface area contributed by atoms with Crippen molar-refractivity contribution in [2.45, 2.75) is 18.9 Å². The highest BCUT2D eigenvalue weighted by molar-refractivity contribution is 6.13. The maximum absolute atomic E-state index is 12.8. The molecule has 2 aromatic carbocycles. The van der Waals surface area contributed by atoms with Crippen molar-refractivity contribution in [2.75, 3.05) is 32.5 Å². The predicted octanol–water partition coefficient (Wildman–Crippen LogP) is 2.41. The Bertz CT molecular complexity index is 864. The molecule has 6 heteroatoms. The summed E-state index contributed by atoms with van der Waals surface area (Å²) >= 11 is 0. The quantitative estimate of drug-likeness (QED) is 0.783. The first kappa shape index (κ1) is 19.8. The van der Waals surface area contributed by atoms with Crippen molar-refractivity contribution in [2.24, 2.45) is 0 Å². The third-order valence-electron chi connectivity index (χ3n) is 4.92. The lowest BCUT2D eigenvalue weighted by Gasteiger charge is -2.25. The maximum atomic E-state index is 12.8. The van der Waals surface area contributed by atoms with Crippen molar-refractivity contribution in [3.8, 4) is 0 Å². The molecule has 0 aromatic heterocycles. The van der Waals surface area contributed by atoms with Gasteiger partial charge >= 0.3 is 0 Å². The third kappa shape index (κ3) is 4.46. The van der Waals surface area contributed by atoms with Crippen LogP contribution in [0.1, 0.15) is 28.8 Å². The van der Waals surface area contributed by atoms with Crippen molar-refractivity contribution < 1.29 is 14.4 Å². The number of carbonyl (C=O) groups excluding carboxylic acids is 3. The number of hydrogen-bond donors (Lipinski definition) is 1. The summed E-state index contributed by atoms with van der Waals surface area (Å²) in [5.74, 6) is -0.352. The van der Waals surface area contributed by atoms with E-state index in [9.17, 15) is 14.4 Å². The van der Waals surface area contributed by atoms with Crippen molar-refractivity contribution >= 4 is 23.3 Å². The van der Waals surface area contributed by atoms with Crippen molar-refractivity contribution in [3.63, 3.8) is 0 Å². The average Bonchev–Trinajstić information content (AvgIpc) is 3.15. The third-order valence-corrected chi connectivity index (χ3v) is 4.92. The highest BCUT2D eigenvalue weighted by atomic mass is 16.2. The van der Waals surface area contributed by atoms with Gasteiger partial charge in [0.15, 0.2) is 5.78 Å². The number of amides is 2. The van der Waals surface area contributed by atoms with E-state index in [1.165, 1.54) is 0 Å². The van der Waals surface area contributed by atoms with E-state index in [1.54, 1.807) is 55.4 Å². The zero-order valence-corrected chi connectivity index (χ0v) is 16.2. The van der Waals surface area contributed by atoms with Crippen LogP contribution in [-0.4, -0.2) is 60.6 Å². The zero-order valence-electron chi connectivity index (χ0n) is 16.2. The molecule has 1 aliphatic rings. The standard InChI is InChI=1S/C22H25N3O3/c1-24(2)22(28)19-13-8-14-25(19)15-20(26)23-18-12-7-6-11-17(18)21(27)16-9-4-3-5-10-16/h3-7,9-12,19H,8,13-15H2,1-2H3,(H,23,26). The van der Waals surface area contributed by atoms with E-state index < -0.39 is 0 Å². The minimum atomic E-state index is -0.262. The van der Waals surface area contributed by atoms with Crippen LogP contribution in [0, 0.1) is 0 Å². The smallest absolute Gasteiger partial charge is 0.239 e. The van der Waals surface area contributed by atoms with Gasteiger partial charge in [0.2, 0.25) is 11.8 Å². The van der Waals surface area contributed by atoms with Crippen molar-refractivity contribution in [1.29, 1.82) is 0 Å². The number of likely N-dealkylation sites (N-methyl/N-ethyl adjacent to an activating group) is 1. The SMILES string of the molecule is CN(C)C(=O)C1CCCN1CC(=O)Nc1ccccc1C(=O)c1ccccc1. The van der Waals surface area contributed by atoms with Gasteiger partial charge in [0.05, 0.1) is 18.3 Å². The lowest BCUT2D eigenvalue weighted by Crippen LogP contribution is -2.45. The number of rotatable bonds is 6. The van der Waals surface area contributed by atoms with Gasteiger partial charge < -0.3 is 10.2 Å². The van der Waals surface area contributed by atoms with Gasteiger partial charge in [0.25, 0.3) is 0 Å². The molecule has 1 atom stereocenters. The Labute approximate surface area is 165 Å². The zero-order chi connectivity index (χ0) is 20.1. The van der Waals surface area contributed by atoms with Crippen molar-refractivity contribution in [1.82, 2.24) is 9.80 Å². The van der Waals surface area contributed by atoms with Gasteiger partial charge in [0.1, 0.15) is 0 Å². The summed E-state index contributed by atoms with van der Waals surface area (Å²) < 4.78 is 0. The normalized spacial score (nSPS) is 16.6. The number of hydrogen-bond acceptors (Lipinski definition) is 4. The molecule has 0 spiro atoms. The molecular formula is C22H25N3O3. The van der Waals surface area contributed by atoms with Gasteiger partial charge in [-0.05, 0) is 31.5 Å². The van der Waals surface area contributed by atoms with Crippen LogP contribution in [-0.2, 0) is 9.59 Å².